The van der Waals surface area contributed by atoms with Crippen LogP contribution in [-0.2, 0) is 23.2 Å². The van der Waals surface area contributed by atoms with Crippen LogP contribution in [0.4, 0.5) is 4.79 Å². The molecule has 0 aliphatic carbocycles. The molecule has 8 heteroatoms. The molecule has 3 N–H and O–H groups in total. The summed E-state index contributed by atoms with van der Waals surface area (Å²) in [6.07, 6.45) is 0.424. The average molecular weight is 329 g/mol. The standard InChI is InChI=1S/C16H19N5O3/c1-9-3-5-13-10(7-9)12(20-21(13)2)8-17-14(22)6-4-11-15(23)19-16(24)18-11/h3,5,7,11H,4,6,8H2,1-2H3,(H,17,22)(H2,18,19,23,24). The van der Waals surface area contributed by atoms with Crippen LogP contribution in [0.2, 0.25) is 0 Å². The molecular formula is C16H19N5O3. The van der Waals surface area contributed by atoms with Crippen LogP contribution in [0.3, 0.4) is 0 Å². The van der Waals surface area contributed by atoms with E-state index < -0.39 is 12.1 Å². The number of amides is 4. The third kappa shape index (κ3) is 3.22. The monoisotopic (exact) mass is 329 g/mol. The van der Waals surface area contributed by atoms with Crippen LogP contribution in [0.25, 0.3) is 10.9 Å². The zero-order valence-corrected chi connectivity index (χ0v) is 13.5. The smallest absolute Gasteiger partial charge is 0.322 e. The van der Waals surface area contributed by atoms with Gasteiger partial charge in [-0.2, -0.15) is 5.10 Å². The second kappa shape index (κ2) is 6.31. The van der Waals surface area contributed by atoms with Crippen molar-refractivity contribution in [1.29, 1.82) is 0 Å². The van der Waals surface area contributed by atoms with Crippen molar-refractivity contribution in [1.82, 2.24) is 25.7 Å². The molecule has 1 aliphatic rings. The van der Waals surface area contributed by atoms with E-state index in [2.05, 4.69) is 21.0 Å². The van der Waals surface area contributed by atoms with E-state index in [0.29, 0.717) is 6.54 Å². The summed E-state index contributed by atoms with van der Waals surface area (Å²) >= 11 is 0. The zero-order valence-electron chi connectivity index (χ0n) is 13.5. The van der Waals surface area contributed by atoms with Gasteiger partial charge in [0, 0.05) is 18.9 Å². The number of aryl methyl sites for hydroxylation is 2. The fourth-order valence-corrected chi connectivity index (χ4v) is 2.79. The third-order valence-corrected chi connectivity index (χ3v) is 4.05. The third-order valence-electron chi connectivity index (χ3n) is 4.05. The Kier molecular flexibility index (Phi) is 4.20. The predicted octanol–water partition coefficient (Wildman–Crippen LogP) is 0.486. The number of nitrogens with zero attached hydrogens (tertiary/aromatic N) is 2. The first-order valence-electron chi connectivity index (χ1n) is 7.74. The highest BCUT2D eigenvalue weighted by Gasteiger charge is 2.29. The van der Waals surface area contributed by atoms with E-state index in [1.54, 1.807) is 4.68 Å². The van der Waals surface area contributed by atoms with Gasteiger partial charge in [0.2, 0.25) is 5.91 Å². The van der Waals surface area contributed by atoms with Crippen LogP contribution < -0.4 is 16.0 Å². The zero-order chi connectivity index (χ0) is 17.3. The summed E-state index contributed by atoms with van der Waals surface area (Å²) in [6.45, 7) is 2.33. The average Bonchev–Trinajstić information content (AvgIpc) is 3.02. The number of urea groups is 1. The van der Waals surface area contributed by atoms with Crippen LogP contribution in [0, 0.1) is 6.92 Å². The lowest BCUT2D eigenvalue weighted by Crippen LogP contribution is -2.31. The maximum Gasteiger partial charge on any atom is 0.322 e. The summed E-state index contributed by atoms with van der Waals surface area (Å²) in [5.74, 6) is -0.575. The molecule has 2 heterocycles. The van der Waals surface area contributed by atoms with Crippen molar-refractivity contribution in [3.63, 3.8) is 0 Å². The van der Waals surface area contributed by atoms with Crippen molar-refractivity contribution in [2.24, 2.45) is 7.05 Å². The lowest BCUT2D eigenvalue weighted by Gasteiger charge is -2.07. The Morgan fingerprint density at radius 3 is 2.88 bits per heavy atom. The molecule has 1 aromatic carbocycles. The fourth-order valence-electron chi connectivity index (χ4n) is 2.79. The first-order chi connectivity index (χ1) is 11.4. The first-order valence-corrected chi connectivity index (χ1v) is 7.74. The van der Waals surface area contributed by atoms with Gasteiger partial charge >= 0.3 is 6.03 Å². The van der Waals surface area contributed by atoms with Crippen LogP contribution in [0.1, 0.15) is 24.1 Å². The van der Waals surface area contributed by atoms with Crippen molar-refractivity contribution in [3.05, 3.63) is 29.5 Å². The second-order valence-corrected chi connectivity index (χ2v) is 5.92. The molecule has 1 unspecified atom stereocenters. The molecule has 1 atom stereocenters. The van der Waals surface area contributed by atoms with Gasteiger partial charge in [-0.3, -0.25) is 19.6 Å². The lowest BCUT2D eigenvalue weighted by molar-refractivity contribution is -0.122. The Morgan fingerprint density at radius 1 is 1.38 bits per heavy atom. The van der Waals surface area contributed by atoms with Gasteiger partial charge in [-0.25, -0.2) is 4.79 Å². The molecule has 4 amide bonds. The normalized spacial score (nSPS) is 17.0. The molecule has 0 saturated carbocycles. The molecule has 0 radical (unpaired) electrons. The highest BCUT2D eigenvalue weighted by atomic mass is 16.2. The van der Waals surface area contributed by atoms with Gasteiger partial charge in [-0.1, -0.05) is 11.6 Å². The summed E-state index contributed by atoms with van der Waals surface area (Å²) in [6, 6.07) is 4.92. The lowest BCUT2D eigenvalue weighted by atomic mass is 10.1. The maximum absolute atomic E-state index is 12.0. The molecule has 1 saturated heterocycles. The van der Waals surface area contributed by atoms with E-state index >= 15 is 0 Å². The van der Waals surface area contributed by atoms with Crippen LogP contribution >= 0.6 is 0 Å². The van der Waals surface area contributed by atoms with Gasteiger partial charge in [0.25, 0.3) is 5.91 Å². The molecule has 2 aromatic rings. The Morgan fingerprint density at radius 2 is 2.17 bits per heavy atom. The van der Waals surface area contributed by atoms with E-state index in [4.69, 9.17) is 0 Å². The minimum absolute atomic E-state index is 0.155. The minimum Gasteiger partial charge on any atom is -0.350 e. The Hall–Kier alpha value is -2.90. The van der Waals surface area contributed by atoms with Gasteiger partial charge < -0.3 is 10.6 Å². The summed E-state index contributed by atoms with van der Waals surface area (Å²) in [7, 11) is 1.87. The molecule has 3 rings (SSSR count). The molecule has 0 bridgehead atoms. The molecule has 8 nitrogen and oxygen atoms in total. The topological polar surface area (TPSA) is 105 Å². The molecule has 1 aliphatic heterocycles. The van der Waals surface area contributed by atoms with Crippen molar-refractivity contribution in [2.75, 3.05) is 0 Å². The second-order valence-electron chi connectivity index (χ2n) is 5.92. The Balaban J connectivity index is 1.58. The van der Waals surface area contributed by atoms with Crippen molar-refractivity contribution < 1.29 is 14.4 Å². The number of hydrogen-bond donors (Lipinski definition) is 3. The quantitative estimate of drug-likeness (QED) is 0.694. The van der Waals surface area contributed by atoms with Crippen LogP contribution in [-0.4, -0.2) is 33.7 Å². The van der Waals surface area contributed by atoms with E-state index in [1.807, 2.05) is 32.2 Å². The SMILES string of the molecule is Cc1ccc2c(c1)c(CNC(=O)CCC1NC(=O)NC1=O)nn2C. The number of hydrogen-bond acceptors (Lipinski definition) is 4. The summed E-state index contributed by atoms with van der Waals surface area (Å²) in [5.41, 5.74) is 2.94. The Bertz CT molecular complexity index is 826. The Labute approximate surface area is 138 Å². The van der Waals surface area contributed by atoms with Gasteiger partial charge in [0.1, 0.15) is 6.04 Å². The van der Waals surface area contributed by atoms with E-state index in [-0.39, 0.29) is 24.7 Å². The number of benzene rings is 1. The molecular weight excluding hydrogens is 310 g/mol. The summed E-state index contributed by atoms with van der Waals surface area (Å²) < 4.78 is 1.79. The number of fused-ring (bicyclic) bond motifs is 1. The van der Waals surface area contributed by atoms with Gasteiger partial charge in [-0.05, 0) is 25.5 Å². The maximum atomic E-state index is 12.0. The van der Waals surface area contributed by atoms with Gasteiger partial charge in [0.15, 0.2) is 0 Å². The molecule has 126 valence electrons. The first kappa shape index (κ1) is 16.0. The van der Waals surface area contributed by atoms with E-state index in [0.717, 1.165) is 22.2 Å². The van der Waals surface area contributed by atoms with Crippen LogP contribution in [0.5, 0.6) is 0 Å². The summed E-state index contributed by atoms with van der Waals surface area (Å²) in [5, 5.41) is 12.9. The van der Waals surface area contributed by atoms with Crippen LogP contribution in [0.15, 0.2) is 18.2 Å². The number of aromatic nitrogens is 2. The van der Waals surface area contributed by atoms with Crippen molar-refractivity contribution >= 4 is 28.7 Å². The van der Waals surface area contributed by atoms with Gasteiger partial charge in [-0.15, -0.1) is 0 Å². The highest BCUT2D eigenvalue weighted by Crippen LogP contribution is 2.19. The minimum atomic E-state index is -0.637. The molecule has 0 spiro atoms. The largest absolute Gasteiger partial charge is 0.350 e. The number of nitrogens with one attached hydrogen (secondary N) is 3. The number of rotatable bonds is 5. The highest BCUT2D eigenvalue weighted by molar-refractivity contribution is 6.04. The predicted molar refractivity (Wildman–Crippen MR) is 87.0 cm³/mol. The van der Waals surface area contributed by atoms with Crippen molar-refractivity contribution in [3.8, 4) is 0 Å². The van der Waals surface area contributed by atoms with Crippen molar-refractivity contribution in [2.45, 2.75) is 32.4 Å². The van der Waals surface area contributed by atoms with Gasteiger partial charge in [0.05, 0.1) is 17.8 Å². The molecule has 24 heavy (non-hydrogen) atoms. The number of carbonyl (C=O) groups excluding carboxylic acids is 3. The van der Waals surface area contributed by atoms with E-state index in [1.165, 1.54) is 0 Å². The summed E-state index contributed by atoms with van der Waals surface area (Å²) in [4.78, 5) is 34.4. The van der Waals surface area contributed by atoms with E-state index in [9.17, 15) is 14.4 Å². The fraction of sp³-hybridized carbons (Fsp3) is 0.375. The number of imide groups is 1. The molecule has 1 fully saturated rings. The molecule has 1 aromatic heterocycles. The number of carbonyl (C=O) groups is 3.